The molecule has 12 heteroatoms. The van der Waals surface area contributed by atoms with Gasteiger partial charge in [-0.1, -0.05) is 47.0 Å². The summed E-state index contributed by atoms with van der Waals surface area (Å²) in [5, 5.41) is 2.45. The number of benzene rings is 3. The second-order valence-electron chi connectivity index (χ2n) is 8.05. The van der Waals surface area contributed by atoms with E-state index in [0.717, 1.165) is 10.5 Å². The second kappa shape index (κ2) is 10.9. The molecule has 1 N–H and O–H groups in total. The standard InChI is InChI=1S/C26H20Cl2N2O7S/c1-3-36-23-13-16(6-11-22(23)37-38(34,35)18-8-4-15(2)5-9-18)12-19-24(31)29-26(33)30(25(19)32)17-7-10-20(27)21(28)14-17/h4-14H,3H2,1-2H3,(H,29,31,33)/b19-12+. The first kappa shape index (κ1) is 27.2. The molecule has 0 aromatic heterocycles. The van der Waals surface area contributed by atoms with Crippen LogP contribution in [0.15, 0.2) is 71.1 Å². The molecular weight excluding hydrogens is 555 g/mol. The second-order valence-corrected chi connectivity index (χ2v) is 10.4. The highest BCUT2D eigenvalue weighted by atomic mass is 35.5. The van der Waals surface area contributed by atoms with Crippen LogP contribution < -0.4 is 19.1 Å². The molecule has 4 rings (SSSR count). The highest BCUT2D eigenvalue weighted by Gasteiger charge is 2.37. The molecule has 0 spiro atoms. The summed E-state index contributed by atoms with van der Waals surface area (Å²) in [7, 11) is -4.16. The van der Waals surface area contributed by atoms with Crippen LogP contribution in [0.5, 0.6) is 11.5 Å². The van der Waals surface area contributed by atoms with E-state index in [1.165, 1.54) is 54.6 Å². The van der Waals surface area contributed by atoms with Gasteiger partial charge < -0.3 is 8.92 Å². The van der Waals surface area contributed by atoms with Gasteiger partial charge in [-0.25, -0.2) is 9.69 Å². The first-order chi connectivity index (χ1) is 18.0. The Balaban J connectivity index is 1.67. The first-order valence-electron chi connectivity index (χ1n) is 11.1. The van der Waals surface area contributed by atoms with Gasteiger partial charge in [-0.05, 0) is 68.0 Å². The van der Waals surface area contributed by atoms with Crippen molar-refractivity contribution in [3.8, 4) is 11.5 Å². The number of urea groups is 1. The van der Waals surface area contributed by atoms with Gasteiger partial charge in [0, 0.05) is 0 Å². The van der Waals surface area contributed by atoms with Crippen molar-refractivity contribution in [3.63, 3.8) is 0 Å². The fraction of sp³-hybridized carbons (Fsp3) is 0.115. The average Bonchev–Trinajstić information content (AvgIpc) is 2.85. The molecule has 1 saturated heterocycles. The van der Waals surface area contributed by atoms with Gasteiger partial charge in [0.1, 0.15) is 10.5 Å². The van der Waals surface area contributed by atoms with E-state index < -0.39 is 28.0 Å². The third-order valence-corrected chi connectivity index (χ3v) is 7.34. The SMILES string of the molecule is CCOc1cc(/C=C2\C(=O)NC(=O)N(c3ccc(Cl)c(Cl)c3)C2=O)ccc1OS(=O)(=O)c1ccc(C)cc1. The van der Waals surface area contributed by atoms with Crippen molar-refractivity contribution in [1.82, 2.24) is 5.32 Å². The van der Waals surface area contributed by atoms with Gasteiger partial charge in [0.25, 0.3) is 11.8 Å². The molecule has 38 heavy (non-hydrogen) atoms. The van der Waals surface area contributed by atoms with Crippen molar-refractivity contribution in [2.45, 2.75) is 18.7 Å². The number of carbonyl (C=O) groups is 3. The number of hydrogen-bond acceptors (Lipinski definition) is 7. The summed E-state index contributed by atoms with van der Waals surface area (Å²) >= 11 is 11.9. The Morgan fingerprint density at radius 2 is 1.63 bits per heavy atom. The van der Waals surface area contributed by atoms with E-state index in [1.54, 1.807) is 19.1 Å². The van der Waals surface area contributed by atoms with E-state index >= 15 is 0 Å². The zero-order valence-corrected chi connectivity index (χ0v) is 22.4. The first-order valence-corrected chi connectivity index (χ1v) is 13.3. The predicted octanol–water partition coefficient (Wildman–Crippen LogP) is 5.13. The van der Waals surface area contributed by atoms with Crippen molar-refractivity contribution < 1.29 is 31.7 Å². The lowest BCUT2D eigenvalue weighted by atomic mass is 10.1. The van der Waals surface area contributed by atoms with Crippen LogP contribution >= 0.6 is 23.2 Å². The summed E-state index contributed by atoms with van der Waals surface area (Å²) in [6.45, 7) is 3.71. The molecule has 9 nitrogen and oxygen atoms in total. The van der Waals surface area contributed by atoms with Crippen LogP contribution in [-0.4, -0.2) is 32.9 Å². The summed E-state index contributed by atoms with van der Waals surface area (Å²) in [6, 6.07) is 13.5. The van der Waals surface area contributed by atoms with Gasteiger partial charge in [0.2, 0.25) is 0 Å². The number of aryl methyl sites for hydroxylation is 1. The smallest absolute Gasteiger partial charge is 0.339 e. The number of nitrogens with one attached hydrogen (secondary N) is 1. The van der Waals surface area contributed by atoms with Gasteiger partial charge in [-0.3, -0.25) is 14.9 Å². The third-order valence-electron chi connectivity index (χ3n) is 5.35. The lowest BCUT2D eigenvalue weighted by molar-refractivity contribution is -0.122. The molecule has 0 atom stereocenters. The molecule has 1 fully saturated rings. The largest absolute Gasteiger partial charge is 0.490 e. The molecule has 1 aliphatic rings. The quantitative estimate of drug-likeness (QED) is 0.236. The molecule has 3 aromatic rings. The molecule has 4 amide bonds. The van der Waals surface area contributed by atoms with Crippen molar-refractivity contribution in [2.75, 3.05) is 11.5 Å². The third kappa shape index (κ3) is 5.67. The molecule has 0 unspecified atom stereocenters. The molecule has 3 aromatic carbocycles. The Morgan fingerprint density at radius 1 is 0.921 bits per heavy atom. The van der Waals surface area contributed by atoms with E-state index in [9.17, 15) is 22.8 Å². The van der Waals surface area contributed by atoms with Crippen LogP contribution in [0.25, 0.3) is 6.08 Å². The highest BCUT2D eigenvalue weighted by molar-refractivity contribution is 7.87. The Labute approximate surface area is 228 Å². The normalized spacial score (nSPS) is 15.0. The number of amides is 4. The van der Waals surface area contributed by atoms with Gasteiger partial charge in [-0.2, -0.15) is 8.42 Å². The molecule has 0 aliphatic carbocycles. The van der Waals surface area contributed by atoms with Crippen molar-refractivity contribution in [1.29, 1.82) is 0 Å². The van der Waals surface area contributed by atoms with E-state index in [-0.39, 0.29) is 44.3 Å². The minimum Gasteiger partial charge on any atom is -0.490 e. The van der Waals surface area contributed by atoms with Crippen molar-refractivity contribution >= 4 is 62.9 Å². The van der Waals surface area contributed by atoms with Crippen molar-refractivity contribution in [3.05, 3.63) is 87.4 Å². The molecule has 0 radical (unpaired) electrons. The van der Waals surface area contributed by atoms with Crippen LogP contribution in [0.2, 0.25) is 10.0 Å². The van der Waals surface area contributed by atoms with E-state index in [0.29, 0.717) is 5.56 Å². The number of ether oxygens (including phenoxy) is 1. The number of carbonyl (C=O) groups excluding carboxylic acids is 3. The molecule has 1 heterocycles. The van der Waals surface area contributed by atoms with Crippen LogP contribution in [0.3, 0.4) is 0 Å². The Hall–Kier alpha value is -3.86. The van der Waals surface area contributed by atoms with Crippen molar-refractivity contribution in [2.24, 2.45) is 0 Å². The molecule has 0 saturated carbocycles. The molecule has 1 aliphatic heterocycles. The summed E-state index contributed by atoms with van der Waals surface area (Å²) in [5.41, 5.74) is 0.965. The fourth-order valence-corrected chi connectivity index (χ4v) is 4.74. The van der Waals surface area contributed by atoms with Crippen LogP contribution in [0.4, 0.5) is 10.5 Å². The monoisotopic (exact) mass is 574 g/mol. The maximum absolute atomic E-state index is 13.2. The van der Waals surface area contributed by atoms with E-state index in [1.807, 2.05) is 6.92 Å². The zero-order chi connectivity index (χ0) is 27.6. The Kier molecular flexibility index (Phi) is 7.77. The topological polar surface area (TPSA) is 119 Å². The maximum atomic E-state index is 13.2. The van der Waals surface area contributed by atoms with Gasteiger partial charge in [-0.15, -0.1) is 0 Å². The van der Waals surface area contributed by atoms with Crippen LogP contribution in [0, 0.1) is 6.92 Å². The lowest BCUT2D eigenvalue weighted by Gasteiger charge is -2.26. The number of rotatable bonds is 7. The number of imide groups is 2. The zero-order valence-electron chi connectivity index (χ0n) is 20.0. The summed E-state index contributed by atoms with van der Waals surface area (Å²) in [4.78, 5) is 38.9. The maximum Gasteiger partial charge on any atom is 0.339 e. The molecule has 196 valence electrons. The van der Waals surface area contributed by atoms with E-state index in [4.69, 9.17) is 32.1 Å². The predicted molar refractivity (Wildman–Crippen MR) is 142 cm³/mol. The number of nitrogens with zero attached hydrogens (tertiary/aromatic N) is 1. The number of hydrogen-bond donors (Lipinski definition) is 1. The molecular formula is C26H20Cl2N2O7S. The summed E-state index contributed by atoms with van der Waals surface area (Å²) in [5.74, 6) is -1.81. The minimum atomic E-state index is -4.16. The highest BCUT2D eigenvalue weighted by Crippen LogP contribution is 2.33. The molecule has 0 bridgehead atoms. The van der Waals surface area contributed by atoms with E-state index in [2.05, 4.69) is 5.32 Å². The van der Waals surface area contributed by atoms with Crippen LogP contribution in [0.1, 0.15) is 18.1 Å². The fourth-order valence-electron chi connectivity index (χ4n) is 3.51. The Bertz CT molecular complexity index is 1590. The number of anilines is 1. The van der Waals surface area contributed by atoms with Gasteiger partial charge in [0.15, 0.2) is 11.5 Å². The number of barbiturate groups is 1. The van der Waals surface area contributed by atoms with Gasteiger partial charge >= 0.3 is 16.1 Å². The number of halogens is 2. The average molecular weight is 575 g/mol. The van der Waals surface area contributed by atoms with Crippen LogP contribution in [-0.2, 0) is 19.7 Å². The summed E-state index contributed by atoms with van der Waals surface area (Å²) in [6.07, 6.45) is 1.25. The lowest BCUT2D eigenvalue weighted by Crippen LogP contribution is -2.54. The Morgan fingerprint density at radius 3 is 2.29 bits per heavy atom. The van der Waals surface area contributed by atoms with Gasteiger partial charge in [0.05, 0.1) is 22.3 Å². The minimum absolute atomic E-state index is 0.0340. The summed E-state index contributed by atoms with van der Waals surface area (Å²) < 4.78 is 36.4.